The molecule has 5 heteroatoms. The van der Waals surface area contributed by atoms with Gasteiger partial charge in [-0.05, 0) is 30.7 Å². The van der Waals surface area contributed by atoms with Gasteiger partial charge in [0.15, 0.2) is 0 Å². The average molecular weight is 508 g/mol. The summed E-state index contributed by atoms with van der Waals surface area (Å²) in [6.07, 6.45) is 1.97. The van der Waals surface area contributed by atoms with Crippen LogP contribution in [0.4, 0.5) is 0 Å². The average Bonchev–Trinajstić information content (AvgIpc) is 2.98. The second-order valence-electron chi connectivity index (χ2n) is 7.41. The number of benzene rings is 1. The Morgan fingerprint density at radius 3 is 2.30 bits per heavy atom. The molecule has 0 heterocycles. The van der Waals surface area contributed by atoms with Gasteiger partial charge in [0.05, 0.1) is 15.2 Å². The molecule has 1 N–H and O–H groups in total. The summed E-state index contributed by atoms with van der Waals surface area (Å²) in [4.78, 5) is 13.4. The molecule has 0 saturated heterocycles. The molecule has 0 radical (unpaired) electrons. The maximum Gasteiger partial charge on any atom is 0.228 e. The fourth-order valence-electron chi connectivity index (χ4n) is 4.85. The van der Waals surface area contributed by atoms with E-state index in [0.29, 0.717) is 0 Å². The number of hydrogen-bond donors (Lipinski definition) is 1. The summed E-state index contributed by atoms with van der Waals surface area (Å²) in [7, 11) is 0. The molecule has 1 aromatic carbocycles. The van der Waals surface area contributed by atoms with Crippen molar-refractivity contribution >= 4 is 53.7 Å². The summed E-state index contributed by atoms with van der Waals surface area (Å²) >= 11 is 11.3. The van der Waals surface area contributed by atoms with E-state index in [4.69, 9.17) is 0 Å². The number of halogens is 3. The van der Waals surface area contributed by atoms with Crippen molar-refractivity contribution in [3.8, 4) is 0 Å². The van der Waals surface area contributed by atoms with E-state index in [1.807, 2.05) is 18.2 Å². The molecule has 4 unspecified atom stereocenters. The highest BCUT2D eigenvalue weighted by Crippen LogP contribution is 2.82. The van der Waals surface area contributed by atoms with Gasteiger partial charge in [-0.15, -0.1) is 0 Å². The van der Waals surface area contributed by atoms with Gasteiger partial charge in [-0.2, -0.15) is 0 Å². The molecule has 1 aromatic rings. The maximum absolute atomic E-state index is 13.2. The van der Waals surface area contributed by atoms with E-state index >= 15 is 0 Å². The number of rotatable bonds is 4. The Morgan fingerprint density at radius 1 is 1.22 bits per heavy atom. The number of carbonyl (C=O) groups excluding carboxylic acids is 1. The molecule has 1 amide bonds. The summed E-state index contributed by atoms with van der Waals surface area (Å²) in [6.45, 7) is 6.53. The van der Waals surface area contributed by atoms with E-state index in [2.05, 4.69) is 86.0 Å². The number of carbonyl (C=O) groups is 1. The number of fused-ring (bicyclic) bond motifs is 1. The second-order valence-corrected chi connectivity index (χ2v) is 11.4. The van der Waals surface area contributed by atoms with Gasteiger partial charge in [0.2, 0.25) is 5.91 Å². The highest BCUT2D eigenvalue weighted by atomic mass is 79.9. The fourth-order valence-corrected chi connectivity index (χ4v) is 9.76. The second kappa shape index (κ2) is 5.84. The monoisotopic (exact) mass is 505 g/mol. The van der Waals surface area contributed by atoms with Crippen LogP contribution in [0.1, 0.15) is 45.2 Å². The summed E-state index contributed by atoms with van der Waals surface area (Å²) in [5, 5.41) is 3.26. The van der Waals surface area contributed by atoms with E-state index in [0.717, 1.165) is 18.4 Å². The first-order valence-corrected chi connectivity index (χ1v) is 10.7. The third-order valence-electron chi connectivity index (χ3n) is 6.54. The van der Waals surface area contributed by atoms with E-state index in [-0.39, 0.29) is 36.8 Å². The first-order chi connectivity index (χ1) is 10.7. The Hall–Kier alpha value is 0.130. The molecular formula is C18H22Br3NO. The molecule has 2 bridgehead atoms. The van der Waals surface area contributed by atoms with Gasteiger partial charge in [-0.25, -0.2) is 0 Å². The predicted octanol–water partition coefficient (Wildman–Crippen LogP) is 5.55. The number of amides is 1. The predicted molar refractivity (Wildman–Crippen MR) is 105 cm³/mol. The topological polar surface area (TPSA) is 29.1 Å². The normalized spacial score (nSPS) is 35.7. The van der Waals surface area contributed by atoms with E-state index in [1.54, 1.807) is 0 Å². The van der Waals surface area contributed by atoms with Crippen LogP contribution in [0.3, 0.4) is 0 Å². The minimum absolute atomic E-state index is 0.0212. The van der Waals surface area contributed by atoms with Crippen molar-refractivity contribution in [3.05, 3.63) is 35.9 Å². The lowest BCUT2D eigenvalue weighted by Crippen LogP contribution is -2.72. The molecule has 0 aliphatic heterocycles. The van der Waals surface area contributed by atoms with Crippen molar-refractivity contribution in [3.63, 3.8) is 0 Å². The van der Waals surface area contributed by atoms with Gasteiger partial charge in [-0.1, -0.05) is 92.0 Å². The summed E-state index contributed by atoms with van der Waals surface area (Å²) in [5.74, 6) is 0.175. The molecule has 4 rings (SSSR count). The first-order valence-electron chi connectivity index (χ1n) is 8.00. The van der Waals surface area contributed by atoms with Crippen molar-refractivity contribution < 1.29 is 4.79 Å². The Bertz CT molecular complexity index is 618. The van der Waals surface area contributed by atoms with E-state index in [9.17, 15) is 4.79 Å². The summed E-state index contributed by atoms with van der Waals surface area (Å²) in [5.41, 5.74) is 0.811. The van der Waals surface area contributed by atoms with Gasteiger partial charge in [0, 0.05) is 10.2 Å². The quantitative estimate of drug-likeness (QED) is 0.532. The number of alkyl halides is 3. The Kier molecular flexibility index (Phi) is 4.56. The zero-order valence-corrected chi connectivity index (χ0v) is 18.3. The Balaban J connectivity index is 1.84. The largest absolute Gasteiger partial charge is 0.349 e. The highest BCUT2D eigenvalue weighted by Gasteiger charge is 2.83. The van der Waals surface area contributed by atoms with Crippen LogP contribution in [0.2, 0.25) is 0 Å². The molecule has 3 saturated carbocycles. The molecule has 3 aliphatic carbocycles. The van der Waals surface area contributed by atoms with Crippen LogP contribution in [0, 0.1) is 16.2 Å². The molecule has 23 heavy (non-hydrogen) atoms. The number of nitrogens with one attached hydrogen (secondary N) is 1. The van der Waals surface area contributed by atoms with Gasteiger partial charge in [-0.3, -0.25) is 4.79 Å². The zero-order valence-electron chi connectivity index (χ0n) is 13.6. The van der Waals surface area contributed by atoms with E-state index < -0.39 is 0 Å². The number of hydrogen-bond acceptors (Lipinski definition) is 1. The molecule has 3 fully saturated rings. The van der Waals surface area contributed by atoms with E-state index in [1.165, 1.54) is 0 Å². The Labute approximate surface area is 163 Å². The van der Waals surface area contributed by atoms with Crippen molar-refractivity contribution in [1.29, 1.82) is 0 Å². The minimum Gasteiger partial charge on any atom is -0.349 e. The van der Waals surface area contributed by atoms with Crippen LogP contribution in [0.25, 0.3) is 0 Å². The smallest absolute Gasteiger partial charge is 0.228 e. The molecule has 0 aromatic heterocycles. The van der Waals surface area contributed by atoms with Crippen LogP contribution in [-0.2, 0) is 4.79 Å². The fraction of sp³-hybridized carbons (Fsp3) is 0.611. The molecule has 0 spiro atoms. The van der Waals surface area contributed by atoms with Gasteiger partial charge in [0.1, 0.15) is 0 Å². The lowest BCUT2D eigenvalue weighted by atomic mass is 9.43. The first kappa shape index (κ1) is 17.9. The van der Waals surface area contributed by atoms with Crippen LogP contribution in [-0.4, -0.2) is 14.5 Å². The minimum atomic E-state index is -0.337. The summed E-state index contributed by atoms with van der Waals surface area (Å²) < 4.78 is 0.205. The molecular weight excluding hydrogens is 486 g/mol. The molecule has 4 atom stereocenters. The lowest BCUT2D eigenvalue weighted by molar-refractivity contribution is -0.162. The van der Waals surface area contributed by atoms with Crippen LogP contribution >= 0.6 is 47.8 Å². The third-order valence-corrected chi connectivity index (χ3v) is 9.77. The molecule has 126 valence electrons. The highest BCUT2D eigenvalue weighted by molar-refractivity contribution is 9.24. The van der Waals surface area contributed by atoms with Crippen molar-refractivity contribution in [1.82, 2.24) is 5.32 Å². The van der Waals surface area contributed by atoms with Crippen LogP contribution in [0.15, 0.2) is 30.3 Å². The van der Waals surface area contributed by atoms with Crippen molar-refractivity contribution in [2.24, 2.45) is 16.2 Å². The lowest BCUT2D eigenvalue weighted by Gasteiger charge is -2.66. The van der Waals surface area contributed by atoms with Gasteiger partial charge >= 0.3 is 0 Å². The third kappa shape index (κ3) is 2.11. The summed E-state index contributed by atoms with van der Waals surface area (Å²) in [6, 6.07) is 10.2. The van der Waals surface area contributed by atoms with Crippen LogP contribution < -0.4 is 5.32 Å². The SMILES string of the molecule is CC(NC(=O)C12CCC(C(Br)Br)(C1Br)C2(C)C)c1ccccc1. The zero-order chi connectivity index (χ0) is 17.0. The maximum atomic E-state index is 13.2. The molecule has 3 aliphatic rings. The van der Waals surface area contributed by atoms with Crippen molar-refractivity contribution in [2.75, 3.05) is 0 Å². The standard InChI is InChI=1S/C18H22Br3NO/c1-11(12-7-5-4-6-8-12)22-15(23)18-10-9-17(13(18)19,14(20)21)16(18,2)3/h4-8,11,13-14H,9-10H2,1-3H3,(H,22,23). The van der Waals surface area contributed by atoms with Gasteiger partial charge in [0.25, 0.3) is 0 Å². The van der Waals surface area contributed by atoms with Gasteiger partial charge < -0.3 is 5.32 Å². The molecule has 2 nitrogen and oxygen atoms in total. The van der Waals surface area contributed by atoms with Crippen LogP contribution in [0.5, 0.6) is 0 Å². The Morgan fingerprint density at radius 2 is 1.83 bits per heavy atom. The van der Waals surface area contributed by atoms with Crippen molar-refractivity contribution in [2.45, 2.75) is 48.2 Å².